The largest absolute Gasteiger partial charge is 0.365 e. The van der Waals surface area contributed by atoms with Crippen LogP contribution >= 0.6 is 0 Å². The molecule has 2 aromatic carbocycles. The fourth-order valence-electron chi connectivity index (χ4n) is 4.16. The third kappa shape index (κ3) is 3.67. The number of rotatable bonds is 4. The lowest BCUT2D eigenvalue weighted by molar-refractivity contribution is -0.0366. The average Bonchev–Trinajstić information content (AvgIpc) is 3.39. The second-order valence-electron chi connectivity index (χ2n) is 8.03. The van der Waals surface area contributed by atoms with E-state index < -0.39 is 6.10 Å². The van der Waals surface area contributed by atoms with Crippen LogP contribution in [0.1, 0.15) is 45.0 Å². The monoisotopic (exact) mass is 434 g/mol. The first-order chi connectivity index (χ1) is 15.5. The van der Waals surface area contributed by atoms with Gasteiger partial charge in [-0.2, -0.15) is 4.98 Å². The zero-order valence-corrected chi connectivity index (χ0v) is 17.9. The molecule has 1 atom stereocenters. The zero-order valence-electron chi connectivity index (χ0n) is 17.9. The molecule has 0 radical (unpaired) electrons. The molecule has 1 aliphatic rings. The minimum atomic E-state index is -0.525. The van der Waals surface area contributed by atoms with Gasteiger partial charge in [0.1, 0.15) is 5.82 Å². The molecule has 1 amide bonds. The minimum Gasteiger partial charge on any atom is -0.365 e. The smallest absolute Gasteiger partial charge is 0.257 e. The Kier molecular flexibility index (Phi) is 5.22. The van der Waals surface area contributed by atoms with E-state index in [0.29, 0.717) is 42.5 Å². The Labute approximate surface area is 184 Å². The number of halogens is 1. The molecule has 1 fully saturated rings. The standard InChI is InChI=1S/C24H23FN4O3/c1-14-15(2)26-19-9-5-7-17(22(14)19)24(30)29-10-11-31-20(13-29)23-27-21(28-32-23)12-16-6-3-4-8-18(16)25/h3-9,20,26H,10-13H2,1-2H3. The lowest BCUT2D eigenvalue weighted by Gasteiger charge is -2.31. The molecule has 32 heavy (non-hydrogen) atoms. The topological polar surface area (TPSA) is 84.2 Å². The van der Waals surface area contributed by atoms with Gasteiger partial charge in [0.25, 0.3) is 11.8 Å². The molecule has 0 aliphatic carbocycles. The van der Waals surface area contributed by atoms with E-state index >= 15 is 0 Å². The predicted octanol–water partition coefficient (Wildman–Crippen LogP) is 4.11. The van der Waals surface area contributed by atoms with Crippen molar-refractivity contribution < 1.29 is 18.4 Å². The summed E-state index contributed by atoms with van der Waals surface area (Å²) in [7, 11) is 0. The number of nitrogens with zero attached hydrogens (tertiary/aromatic N) is 3. The molecule has 3 heterocycles. The Morgan fingerprint density at radius 1 is 1.22 bits per heavy atom. The van der Waals surface area contributed by atoms with Crippen LogP contribution in [0, 0.1) is 19.7 Å². The first-order valence-corrected chi connectivity index (χ1v) is 10.6. The van der Waals surface area contributed by atoms with Crippen molar-refractivity contribution in [3.8, 4) is 0 Å². The summed E-state index contributed by atoms with van der Waals surface area (Å²) in [4.78, 5) is 22.9. The van der Waals surface area contributed by atoms with Crippen LogP contribution in [0.25, 0.3) is 10.9 Å². The first-order valence-electron chi connectivity index (χ1n) is 10.6. The van der Waals surface area contributed by atoms with Crippen LogP contribution in [0.4, 0.5) is 4.39 Å². The summed E-state index contributed by atoms with van der Waals surface area (Å²) in [6.45, 7) is 5.16. The average molecular weight is 434 g/mol. The SMILES string of the molecule is Cc1[nH]c2cccc(C(=O)N3CCOC(c4nc(Cc5ccccc5F)no4)C3)c2c1C. The molecule has 1 aliphatic heterocycles. The van der Waals surface area contributed by atoms with Gasteiger partial charge in [-0.3, -0.25) is 4.79 Å². The van der Waals surface area contributed by atoms with Crippen LogP contribution < -0.4 is 0 Å². The minimum absolute atomic E-state index is 0.0582. The molecular weight excluding hydrogens is 411 g/mol. The van der Waals surface area contributed by atoms with E-state index in [-0.39, 0.29) is 18.1 Å². The van der Waals surface area contributed by atoms with Crippen molar-refractivity contribution in [1.29, 1.82) is 0 Å². The molecule has 5 rings (SSSR count). The Hall–Kier alpha value is -3.52. The van der Waals surface area contributed by atoms with E-state index in [1.165, 1.54) is 6.07 Å². The van der Waals surface area contributed by atoms with E-state index in [1.807, 2.05) is 32.0 Å². The first kappa shape index (κ1) is 20.4. The normalized spacial score (nSPS) is 16.6. The van der Waals surface area contributed by atoms with Crippen LogP contribution in [0.3, 0.4) is 0 Å². The number of carbonyl (C=O) groups excluding carboxylic acids is 1. The van der Waals surface area contributed by atoms with Gasteiger partial charge in [-0.1, -0.05) is 29.4 Å². The van der Waals surface area contributed by atoms with Crippen molar-refractivity contribution in [2.45, 2.75) is 26.4 Å². The van der Waals surface area contributed by atoms with E-state index in [2.05, 4.69) is 15.1 Å². The van der Waals surface area contributed by atoms with E-state index in [0.717, 1.165) is 22.2 Å². The van der Waals surface area contributed by atoms with Crippen LogP contribution in [-0.2, 0) is 11.2 Å². The number of ether oxygens (including phenoxy) is 1. The molecular formula is C24H23FN4O3. The summed E-state index contributed by atoms with van der Waals surface area (Å²) < 4.78 is 25.1. The highest BCUT2D eigenvalue weighted by Crippen LogP contribution is 2.28. The molecule has 0 bridgehead atoms. The van der Waals surface area contributed by atoms with E-state index in [9.17, 15) is 9.18 Å². The number of H-pyrrole nitrogens is 1. The van der Waals surface area contributed by atoms with Crippen molar-refractivity contribution in [3.63, 3.8) is 0 Å². The number of hydrogen-bond donors (Lipinski definition) is 1. The van der Waals surface area contributed by atoms with Crippen LogP contribution in [0.5, 0.6) is 0 Å². The van der Waals surface area contributed by atoms with Gasteiger partial charge >= 0.3 is 0 Å². The summed E-state index contributed by atoms with van der Waals surface area (Å²) in [5.74, 6) is 0.298. The third-order valence-corrected chi connectivity index (χ3v) is 5.97. The lowest BCUT2D eigenvalue weighted by atomic mass is 10.0. The fraction of sp³-hybridized carbons (Fsp3) is 0.292. The highest BCUT2D eigenvalue weighted by atomic mass is 19.1. The Balaban J connectivity index is 1.35. The predicted molar refractivity (Wildman–Crippen MR) is 116 cm³/mol. The summed E-state index contributed by atoms with van der Waals surface area (Å²) in [5, 5.41) is 4.92. The molecule has 1 unspecified atom stereocenters. The summed E-state index contributed by atoms with van der Waals surface area (Å²) in [6, 6.07) is 12.2. The quantitative estimate of drug-likeness (QED) is 0.523. The van der Waals surface area contributed by atoms with Crippen molar-refractivity contribution in [2.24, 2.45) is 0 Å². The number of fused-ring (bicyclic) bond motifs is 1. The van der Waals surface area contributed by atoms with E-state index in [1.54, 1.807) is 23.1 Å². The highest BCUT2D eigenvalue weighted by molar-refractivity contribution is 6.08. The van der Waals surface area contributed by atoms with Gasteiger partial charge in [-0.05, 0) is 43.2 Å². The molecule has 4 aromatic rings. The van der Waals surface area contributed by atoms with Crippen molar-refractivity contribution in [1.82, 2.24) is 20.0 Å². The zero-order chi connectivity index (χ0) is 22.2. The Bertz CT molecular complexity index is 1300. The number of benzene rings is 2. The van der Waals surface area contributed by atoms with Crippen LogP contribution in [0.2, 0.25) is 0 Å². The molecule has 0 spiro atoms. The van der Waals surface area contributed by atoms with Crippen molar-refractivity contribution in [2.75, 3.05) is 19.7 Å². The number of morpholine rings is 1. The maximum atomic E-state index is 13.9. The number of nitrogens with one attached hydrogen (secondary N) is 1. The fourth-order valence-corrected chi connectivity index (χ4v) is 4.16. The van der Waals surface area contributed by atoms with Crippen molar-refractivity contribution >= 4 is 16.8 Å². The van der Waals surface area contributed by atoms with Crippen LogP contribution in [-0.4, -0.2) is 45.6 Å². The maximum Gasteiger partial charge on any atom is 0.257 e. The number of carbonyl (C=O) groups is 1. The number of aromatic nitrogens is 3. The summed E-state index contributed by atoms with van der Waals surface area (Å²) in [5.41, 5.74) is 4.23. The number of hydrogen-bond acceptors (Lipinski definition) is 5. The molecule has 7 nitrogen and oxygen atoms in total. The molecule has 1 saturated heterocycles. The molecule has 1 N–H and O–H groups in total. The summed E-state index contributed by atoms with van der Waals surface area (Å²) in [6.07, 6.45) is -0.303. The molecule has 0 saturated carbocycles. The van der Waals surface area contributed by atoms with Gasteiger partial charge in [-0.25, -0.2) is 4.39 Å². The van der Waals surface area contributed by atoms with Gasteiger partial charge in [0.2, 0.25) is 0 Å². The van der Waals surface area contributed by atoms with Gasteiger partial charge in [0.05, 0.1) is 13.2 Å². The van der Waals surface area contributed by atoms with Crippen molar-refractivity contribution in [3.05, 3.63) is 82.4 Å². The second-order valence-corrected chi connectivity index (χ2v) is 8.03. The third-order valence-electron chi connectivity index (χ3n) is 5.97. The number of amides is 1. The Morgan fingerprint density at radius 2 is 2.06 bits per heavy atom. The van der Waals surface area contributed by atoms with Crippen LogP contribution in [0.15, 0.2) is 47.0 Å². The van der Waals surface area contributed by atoms with Gasteiger partial charge in [0, 0.05) is 35.1 Å². The summed E-state index contributed by atoms with van der Waals surface area (Å²) >= 11 is 0. The van der Waals surface area contributed by atoms with Gasteiger partial charge < -0.3 is 19.1 Å². The van der Waals surface area contributed by atoms with Gasteiger partial charge in [-0.15, -0.1) is 0 Å². The highest BCUT2D eigenvalue weighted by Gasteiger charge is 2.31. The number of aromatic amines is 1. The van der Waals surface area contributed by atoms with Gasteiger partial charge in [0.15, 0.2) is 11.9 Å². The maximum absolute atomic E-state index is 13.9. The lowest BCUT2D eigenvalue weighted by Crippen LogP contribution is -2.42. The number of aryl methyl sites for hydroxylation is 2. The van der Waals surface area contributed by atoms with E-state index in [4.69, 9.17) is 9.26 Å². The second kappa shape index (κ2) is 8.20. The molecule has 8 heteroatoms. The molecule has 2 aromatic heterocycles. The molecule has 164 valence electrons. The Morgan fingerprint density at radius 3 is 2.91 bits per heavy atom.